The van der Waals surface area contributed by atoms with Crippen molar-refractivity contribution in [3.05, 3.63) is 76.7 Å². The first-order valence-corrected chi connectivity index (χ1v) is 11.1. The largest absolute Gasteiger partial charge is 0.471 e. The van der Waals surface area contributed by atoms with Crippen molar-refractivity contribution in [3.8, 4) is 5.88 Å². The van der Waals surface area contributed by atoms with Crippen LogP contribution in [0.1, 0.15) is 27.9 Å². The van der Waals surface area contributed by atoms with Gasteiger partial charge in [-0.2, -0.15) is 18.3 Å². The van der Waals surface area contributed by atoms with Gasteiger partial charge in [0.15, 0.2) is 0 Å². The SMILES string of the molecule is CN=CN(C)CCc1ccc(C2=N[B]C(c3cnn(C)c3COc3ccc(C(F)(F)F)cn3)=N2)cc1. The molecule has 3 heterocycles. The summed E-state index contributed by atoms with van der Waals surface area (Å²) in [6, 6.07) is 10.2. The summed E-state index contributed by atoms with van der Waals surface area (Å²) >= 11 is 0. The molecule has 0 saturated carbocycles. The zero-order valence-corrected chi connectivity index (χ0v) is 20.1. The number of aromatic nitrogens is 3. The topological polar surface area (TPSA) is 80.3 Å². The molecule has 0 N–H and O–H groups in total. The Kier molecular flexibility index (Phi) is 7.51. The van der Waals surface area contributed by atoms with Gasteiger partial charge in [-0.15, -0.1) is 0 Å². The predicted molar refractivity (Wildman–Crippen MR) is 133 cm³/mol. The van der Waals surface area contributed by atoms with Crippen molar-refractivity contribution < 1.29 is 17.9 Å². The van der Waals surface area contributed by atoms with Crippen LogP contribution in [0.4, 0.5) is 13.2 Å². The Morgan fingerprint density at radius 1 is 1.14 bits per heavy atom. The maximum Gasteiger partial charge on any atom is 0.417 e. The van der Waals surface area contributed by atoms with E-state index in [0.717, 1.165) is 36.4 Å². The van der Waals surface area contributed by atoms with Crippen molar-refractivity contribution in [2.75, 3.05) is 20.6 Å². The van der Waals surface area contributed by atoms with Crippen LogP contribution in [-0.2, 0) is 26.3 Å². The number of hydrogen-bond donors (Lipinski definition) is 0. The number of nitrogens with zero attached hydrogens (tertiary/aromatic N) is 7. The molecule has 0 aliphatic carbocycles. The Hall–Kier alpha value is -3.96. The highest BCUT2D eigenvalue weighted by Gasteiger charge is 2.30. The van der Waals surface area contributed by atoms with Gasteiger partial charge in [0.2, 0.25) is 5.88 Å². The summed E-state index contributed by atoms with van der Waals surface area (Å²) in [6.07, 6.45) is 0.646. The molecule has 12 heteroatoms. The third-order valence-electron chi connectivity index (χ3n) is 5.57. The number of ether oxygens (including phenoxy) is 1. The lowest BCUT2D eigenvalue weighted by molar-refractivity contribution is -0.137. The van der Waals surface area contributed by atoms with Crippen LogP contribution in [0.2, 0.25) is 0 Å². The van der Waals surface area contributed by atoms with Crippen molar-refractivity contribution in [3.63, 3.8) is 0 Å². The first-order chi connectivity index (χ1) is 17.2. The zero-order chi connectivity index (χ0) is 25.7. The molecule has 36 heavy (non-hydrogen) atoms. The van der Waals surface area contributed by atoms with Gasteiger partial charge in [0, 0.05) is 56.7 Å². The molecule has 0 amide bonds. The summed E-state index contributed by atoms with van der Waals surface area (Å²) in [7, 11) is 7.15. The van der Waals surface area contributed by atoms with E-state index in [2.05, 4.69) is 37.1 Å². The fraction of sp³-hybridized carbons (Fsp3) is 0.292. The number of benzene rings is 1. The molecule has 0 spiro atoms. The van der Waals surface area contributed by atoms with E-state index in [1.165, 1.54) is 11.6 Å². The number of alkyl halides is 3. The van der Waals surface area contributed by atoms with E-state index in [1.807, 2.05) is 24.1 Å². The zero-order valence-electron chi connectivity index (χ0n) is 20.1. The predicted octanol–water partition coefficient (Wildman–Crippen LogP) is 3.37. The van der Waals surface area contributed by atoms with Crippen LogP contribution in [0.15, 0.2) is 63.7 Å². The second-order valence-corrected chi connectivity index (χ2v) is 8.18. The summed E-state index contributed by atoms with van der Waals surface area (Å²) in [4.78, 5) is 18.9. The van der Waals surface area contributed by atoms with Gasteiger partial charge in [-0.3, -0.25) is 9.67 Å². The minimum absolute atomic E-state index is 0.0538. The molecule has 2 aromatic heterocycles. The Balaban J connectivity index is 1.41. The number of aryl methyl sites for hydroxylation is 1. The molecule has 0 saturated heterocycles. The lowest BCUT2D eigenvalue weighted by Gasteiger charge is -2.12. The average Bonchev–Trinajstić information content (AvgIpc) is 3.48. The molecule has 1 aromatic carbocycles. The van der Waals surface area contributed by atoms with Crippen LogP contribution < -0.4 is 4.74 Å². The van der Waals surface area contributed by atoms with Gasteiger partial charge >= 0.3 is 13.6 Å². The molecule has 1 radical (unpaired) electrons. The summed E-state index contributed by atoms with van der Waals surface area (Å²) in [6.45, 7) is 0.917. The van der Waals surface area contributed by atoms with E-state index in [9.17, 15) is 13.2 Å². The minimum Gasteiger partial charge on any atom is -0.471 e. The van der Waals surface area contributed by atoms with Gasteiger partial charge in [0.1, 0.15) is 12.4 Å². The fourth-order valence-corrected chi connectivity index (χ4v) is 3.57. The highest BCUT2D eigenvalue weighted by atomic mass is 19.4. The maximum atomic E-state index is 12.7. The number of rotatable bonds is 9. The maximum absolute atomic E-state index is 12.7. The van der Waals surface area contributed by atoms with Crippen LogP contribution in [0.5, 0.6) is 5.88 Å². The van der Waals surface area contributed by atoms with Crippen molar-refractivity contribution in [1.82, 2.24) is 19.7 Å². The minimum atomic E-state index is -4.45. The average molecular weight is 494 g/mol. The second kappa shape index (κ2) is 10.8. The summed E-state index contributed by atoms with van der Waals surface area (Å²) in [5.74, 6) is 0.671. The van der Waals surface area contributed by atoms with E-state index >= 15 is 0 Å². The van der Waals surface area contributed by atoms with E-state index in [0.29, 0.717) is 17.1 Å². The monoisotopic (exact) mass is 494 g/mol. The molecule has 1 aliphatic heterocycles. The van der Waals surface area contributed by atoms with Gasteiger partial charge in [0.05, 0.1) is 23.8 Å². The quantitative estimate of drug-likeness (QED) is 0.260. The van der Waals surface area contributed by atoms with Gasteiger partial charge < -0.3 is 14.5 Å². The van der Waals surface area contributed by atoms with Crippen LogP contribution in [-0.4, -0.2) is 65.5 Å². The number of halogens is 3. The molecule has 1 aliphatic rings. The smallest absolute Gasteiger partial charge is 0.417 e. The Labute approximate surface area is 207 Å². The number of pyridine rings is 1. The highest BCUT2D eigenvalue weighted by molar-refractivity contribution is 6.81. The van der Waals surface area contributed by atoms with Gasteiger partial charge in [-0.05, 0) is 18.1 Å². The lowest BCUT2D eigenvalue weighted by atomic mass is 9.83. The second-order valence-electron chi connectivity index (χ2n) is 8.18. The first kappa shape index (κ1) is 25.1. The van der Waals surface area contributed by atoms with Crippen molar-refractivity contribution in [2.45, 2.75) is 19.2 Å². The van der Waals surface area contributed by atoms with Crippen LogP contribution in [0.3, 0.4) is 0 Å². The summed E-state index contributed by atoms with van der Waals surface area (Å²) < 4.78 is 45.5. The molecule has 8 nitrogen and oxygen atoms in total. The van der Waals surface area contributed by atoms with E-state index in [-0.39, 0.29) is 12.5 Å². The molecule has 3 aromatic rings. The van der Waals surface area contributed by atoms with Gasteiger partial charge in [-0.1, -0.05) is 24.3 Å². The van der Waals surface area contributed by atoms with Gasteiger partial charge in [0.25, 0.3) is 0 Å². The Morgan fingerprint density at radius 3 is 2.58 bits per heavy atom. The third kappa shape index (κ3) is 5.99. The number of amidine groups is 1. The Morgan fingerprint density at radius 2 is 1.92 bits per heavy atom. The van der Waals surface area contributed by atoms with E-state index < -0.39 is 11.7 Å². The molecular formula is C24H24BF3N7O. The molecule has 4 rings (SSSR count). The van der Waals surface area contributed by atoms with Crippen molar-refractivity contribution >= 4 is 25.2 Å². The van der Waals surface area contributed by atoms with Crippen molar-refractivity contribution in [2.24, 2.45) is 21.9 Å². The van der Waals surface area contributed by atoms with Crippen molar-refractivity contribution in [1.29, 1.82) is 0 Å². The van der Waals surface area contributed by atoms with Crippen LogP contribution >= 0.6 is 0 Å². The van der Waals surface area contributed by atoms with Gasteiger partial charge in [-0.25, -0.2) is 9.98 Å². The molecule has 0 atom stereocenters. The molecular weight excluding hydrogens is 470 g/mol. The van der Waals surface area contributed by atoms with Crippen LogP contribution in [0, 0.1) is 0 Å². The fourth-order valence-electron chi connectivity index (χ4n) is 3.57. The lowest BCUT2D eigenvalue weighted by Crippen LogP contribution is -2.19. The highest BCUT2D eigenvalue weighted by Crippen LogP contribution is 2.29. The number of aliphatic imine (C=N–C) groups is 2. The van der Waals surface area contributed by atoms with Crippen LogP contribution in [0.25, 0.3) is 0 Å². The van der Waals surface area contributed by atoms with E-state index in [1.54, 1.807) is 38.7 Å². The summed E-state index contributed by atoms with van der Waals surface area (Å²) in [5, 5.41) is 4.28. The number of likely N-dealkylation sites (N-methyl/N-ethyl adjacent to an activating group) is 1. The Bertz CT molecular complexity index is 1280. The third-order valence-corrected chi connectivity index (χ3v) is 5.57. The molecule has 0 fully saturated rings. The normalized spacial score (nSPS) is 13.5. The standard InChI is InChI=1S/C24H24BF3N7O/c1-29-15-34(2)11-10-16-4-6-17(7-5-16)23-32-22(25-33-23)19-13-31-35(3)20(19)14-36-21-9-8-18(12-30-21)24(26,27)28/h4-9,12-13,15H,10-11,14H2,1-3H3. The molecule has 0 bridgehead atoms. The molecule has 0 unspecified atom stereocenters. The number of hydrogen-bond acceptors (Lipinski definition) is 6. The van der Waals surface area contributed by atoms with E-state index in [4.69, 9.17) is 4.74 Å². The molecule has 185 valence electrons. The summed E-state index contributed by atoms with van der Waals surface area (Å²) in [5.41, 5.74) is 3.30. The first-order valence-electron chi connectivity index (χ1n) is 11.1.